The maximum Gasteiger partial charge on any atom is 0.138 e. The first-order valence-electron chi connectivity index (χ1n) is 5.92. The summed E-state index contributed by atoms with van der Waals surface area (Å²) < 4.78 is 10.8. The molecule has 3 unspecified atom stereocenters. The molecule has 4 heteroatoms. The van der Waals surface area contributed by atoms with Gasteiger partial charge in [-0.1, -0.05) is 0 Å². The second-order valence-corrected chi connectivity index (χ2v) is 3.86. The summed E-state index contributed by atoms with van der Waals surface area (Å²) in [6.07, 6.45) is -0.304. The van der Waals surface area contributed by atoms with Crippen molar-refractivity contribution in [1.82, 2.24) is 0 Å². The van der Waals surface area contributed by atoms with E-state index in [2.05, 4.69) is 0 Å². The van der Waals surface area contributed by atoms with Crippen LogP contribution in [-0.2, 0) is 14.3 Å². The Morgan fingerprint density at radius 1 is 1.31 bits per heavy atom. The van der Waals surface area contributed by atoms with Crippen molar-refractivity contribution < 1.29 is 19.4 Å². The van der Waals surface area contributed by atoms with Gasteiger partial charge in [-0.2, -0.15) is 0 Å². The van der Waals surface area contributed by atoms with Gasteiger partial charge in [0.05, 0.1) is 18.1 Å². The molecule has 0 amide bonds. The molecule has 1 N–H and O–H groups in total. The molecular formula is C12H24O4. The summed E-state index contributed by atoms with van der Waals surface area (Å²) >= 11 is 0. The average molecular weight is 232 g/mol. The van der Waals surface area contributed by atoms with Gasteiger partial charge in [-0.3, -0.25) is 4.79 Å². The van der Waals surface area contributed by atoms with Crippen molar-refractivity contribution in [3.63, 3.8) is 0 Å². The molecule has 0 aliphatic heterocycles. The summed E-state index contributed by atoms with van der Waals surface area (Å²) in [7, 11) is 0. The number of aliphatic hydroxyl groups is 1. The summed E-state index contributed by atoms with van der Waals surface area (Å²) in [5.41, 5.74) is 0. The van der Waals surface area contributed by atoms with Crippen molar-refractivity contribution in [1.29, 1.82) is 0 Å². The second kappa shape index (κ2) is 8.67. The minimum absolute atomic E-state index is 0.0371. The van der Waals surface area contributed by atoms with Crippen LogP contribution in [0.2, 0.25) is 0 Å². The monoisotopic (exact) mass is 232 g/mol. The highest BCUT2D eigenvalue weighted by Gasteiger charge is 2.30. The van der Waals surface area contributed by atoms with Crippen molar-refractivity contribution in [3.8, 4) is 0 Å². The molecule has 0 aromatic carbocycles. The maximum absolute atomic E-state index is 11.5. The molecule has 0 saturated heterocycles. The van der Waals surface area contributed by atoms with Crippen molar-refractivity contribution >= 4 is 5.78 Å². The molecule has 96 valence electrons. The van der Waals surface area contributed by atoms with E-state index in [9.17, 15) is 9.90 Å². The number of ketones is 1. The lowest BCUT2D eigenvalue weighted by Gasteiger charge is -2.27. The molecule has 0 aromatic heterocycles. The largest absolute Gasteiger partial charge is 0.393 e. The Kier molecular flexibility index (Phi) is 8.43. The van der Waals surface area contributed by atoms with Crippen LogP contribution < -0.4 is 0 Å². The zero-order valence-corrected chi connectivity index (χ0v) is 10.7. The number of carbonyl (C=O) groups is 1. The van der Waals surface area contributed by atoms with Crippen LogP contribution in [0.5, 0.6) is 0 Å². The molecule has 3 atom stereocenters. The molecule has 0 rings (SSSR count). The van der Waals surface area contributed by atoms with Crippen LogP contribution in [0.15, 0.2) is 0 Å². The lowest BCUT2D eigenvalue weighted by Crippen LogP contribution is -2.38. The van der Waals surface area contributed by atoms with Gasteiger partial charge in [0.2, 0.25) is 0 Å². The van der Waals surface area contributed by atoms with Gasteiger partial charge in [0.25, 0.3) is 0 Å². The molecule has 0 heterocycles. The molecule has 0 aliphatic carbocycles. The van der Waals surface area contributed by atoms with Crippen LogP contribution in [0.4, 0.5) is 0 Å². The predicted molar refractivity (Wildman–Crippen MR) is 62.4 cm³/mol. The molecule has 0 bridgehead atoms. The highest BCUT2D eigenvalue weighted by Crippen LogP contribution is 2.17. The summed E-state index contributed by atoms with van der Waals surface area (Å²) in [6, 6.07) is 0. The zero-order chi connectivity index (χ0) is 12.6. The number of aliphatic hydroxyl groups excluding tert-OH is 1. The summed E-state index contributed by atoms with van der Waals surface area (Å²) in [4.78, 5) is 11.5. The number of hydrogen-bond donors (Lipinski definition) is 1. The third-order valence-corrected chi connectivity index (χ3v) is 2.52. The van der Waals surface area contributed by atoms with Crippen molar-refractivity contribution in [2.75, 3.05) is 19.8 Å². The Bertz CT molecular complexity index is 191. The van der Waals surface area contributed by atoms with Gasteiger partial charge in [-0.05, 0) is 34.1 Å². The molecule has 16 heavy (non-hydrogen) atoms. The smallest absolute Gasteiger partial charge is 0.138 e. The first-order chi connectivity index (χ1) is 7.54. The Hall–Kier alpha value is -0.450. The average Bonchev–Trinajstić information content (AvgIpc) is 2.17. The first-order valence-corrected chi connectivity index (χ1v) is 5.92. The van der Waals surface area contributed by atoms with Crippen LogP contribution >= 0.6 is 0 Å². The van der Waals surface area contributed by atoms with E-state index in [0.29, 0.717) is 26.2 Å². The predicted octanol–water partition coefficient (Wildman–Crippen LogP) is 1.40. The van der Waals surface area contributed by atoms with E-state index in [1.165, 1.54) is 6.92 Å². The Balaban J connectivity index is 4.38. The van der Waals surface area contributed by atoms with Crippen LogP contribution in [0.25, 0.3) is 0 Å². The number of rotatable bonds is 9. The van der Waals surface area contributed by atoms with Gasteiger partial charge in [-0.25, -0.2) is 0 Å². The standard InChI is InChI=1S/C12H24O4/c1-5-15-8-7-11(16-6-2)12(9(3)13)10(4)14/h9,11-13H,5-8H2,1-4H3. The second-order valence-electron chi connectivity index (χ2n) is 3.86. The van der Waals surface area contributed by atoms with Gasteiger partial charge in [0, 0.05) is 19.8 Å². The third kappa shape index (κ3) is 5.58. The summed E-state index contributed by atoms with van der Waals surface area (Å²) in [5, 5.41) is 9.59. The van der Waals surface area contributed by atoms with Crippen molar-refractivity contribution in [3.05, 3.63) is 0 Å². The van der Waals surface area contributed by atoms with E-state index >= 15 is 0 Å². The Morgan fingerprint density at radius 3 is 2.31 bits per heavy atom. The van der Waals surface area contributed by atoms with E-state index in [1.807, 2.05) is 13.8 Å². The van der Waals surface area contributed by atoms with E-state index in [1.54, 1.807) is 6.92 Å². The molecule has 0 spiro atoms. The minimum Gasteiger partial charge on any atom is -0.393 e. The van der Waals surface area contributed by atoms with Gasteiger partial charge < -0.3 is 14.6 Å². The zero-order valence-electron chi connectivity index (χ0n) is 10.7. The summed E-state index contributed by atoms with van der Waals surface area (Å²) in [5.74, 6) is -0.495. The fourth-order valence-corrected chi connectivity index (χ4v) is 1.84. The highest BCUT2D eigenvalue weighted by atomic mass is 16.5. The van der Waals surface area contributed by atoms with E-state index < -0.39 is 12.0 Å². The van der Waals surface area contributed by atoms with Crippen molar-refractivity contribution in [2.24, 2.45) is 5.92 Å². The molecule has 0 radical (unpaired) electrons. The fraction of sp³-hybridized carbons (Fsp3) is 0.917. The van der Waals surface area contributed by atoms with Crippen molar-refractivity contribution in [2.45, 2.75) is 46.3 Å². The Labute approximate surface area is 97.9 Å². The van der Waals surface area contributed by atoms with Crippen LogP contribution in [-0.4, -0.2) is 42.9 Å². The third-order valence-electron chi connectivity index (χ3n) is 2.52. The number of Topliss-reactive ketones (excluding diaryl/α,β-unsaturated/α-hetero) is 1. The Morgan fingerprint density at radius 2 is 1.94 bits per heavy atom. The topological polar surface area (TPSA) is 55.8 Å². The van der Waals surface area contributed by atoms with Gasteiger partial charge in [0.1, 0.15) is 5.78 Å². The molecule has 0 aromatic rings. The normalized spacial score (nSPS) is 16.8. The van der Waals surface area contributed by atoms with E-state index in [-0.39, 0.29) is 11.9 Å². The number of hydrogen-bond acceptors (Lipinski definition) is 4. The highest BCUT2D eigenvalue weighted by molar-refractivity contribution is 5.79. The van der Waals surface area contributed by atoms with E-state index in [4.69, 9.17) is 9.47 Å². The molecule has 4 nitrogen and oxygen atoms in total. The number of carbonyl (C=O) groups excluding carboxylic acids is 1. The lowest BCUT2D eigenvalue weighted by atomic mass is 9.91. The quantitative estimate of drug-likeness (QED) is 0.611. The number of ether oxygens (including phenoxy) is 2. The fourth-order valence-electron chi connectivity index (χ4n) is 1.84. The van der Waals surface area contributed by atoms with Crippen LogP contribution in [0.1, 0.15) is 34.1 Å². The SMILES string of the molecule is CCOCCC(OCC)C(C(C)=O)C(C)O. The molecule has 0 fully saturated rings. The molecule has 0 aliphatic rings. The van der Waals surface area contributed by atoms with Crippen LogP contribution in [0.3, 0.4) is 0 Å². The minimum atomic E-state index is -0.685. The van der Waals surface area contributed by atoms with Gasteiger partial charge in [-0.15, -0.1) is 0 Å². The van der Waals surface area contributed by atoms with E-state index in [0.717, 1.165) is 0 Å². The molecule has 0 saturated carbocycles. The summed E-state index contributed by atoms with van der Waals surface area (Å²) in [6.45, 7) is 8.66. The maximum atomic E-state index is 11.5. The van der Waals surface area contributed by atoms with Crippen LogP contribution in [0, 0.1) is 5.92 Å². The van der Waals surface area contributed by atoms with Gasteiger partial charge in [0.15, 0.2) is 0 Å². The molecular weight excluding hydrogens is 208 g/mol. The first kappa shape index (κ1) is 15.6. The van der Waals surface area contributed by atoms with Gasteiger partial charge >= 0.3 is 0 Å². The lowest BCUT2D eigenvalue weighted by molar-refractivity contribution is -0.132.